The summed E-state index contributed by atoms with van der Waals surface area (Å²) in [4.78, 5) is 23.9. The van der Waals surface area contributed by atoms with Gasteiger partial charge in [0.25, 0.3) is 5.25 Å². The van der Waals surface area contributed by atoms with Crippen LogP contribution in [0.2, 0.25) is 0 Å². The zero-order valence-corrected chi connectivity index (χ0v) is 16.1. The van der Waals surface area contributed by atoms with Gasteiger partial charge in [0.15, 0.2) is 0 Å². The van der Waals surface area contributed by atoms with E-state index in [4.69, 9.17) is 0 Å². The molecule has 1 aliphatic carbocycles. The Kier molecular flexibility index (Phi) is 8.56. The lowest BCUT2D eigenvalue weighted by molar-refractivity contribution is -0.357. The molecule has 0 aromatic rings. The van der Waals surface area contributed by atoms with Crippen LogP contribution in [0.5, 0.6) is 0 Å². The molecule has 30 heavy (non-hydrogen) atoms. The molecular formula is C16H18F8O5S. The number of carbonyl (C=O) groups excluding carboxylic acids is 2. The maximum absolute atomic E-state index is 13.7. The third-order valence-corrected chi connectivity index (χ3v) is 4.22. The number of thiol groups is 1. The number of ether oxygens (including phenoxy) is 3. The molecule has 0 radical (unpaired) electrons. The van der Waals surface area contributed by atoms with Gasteiger partial charge in [-0.05, 0) is 25.7 Å². The first kappa shape index (κ1) is 26.5. The van der Waals surface area contributed by atoms with Gasteiger partial charge in [0.1, 0.15) is 11.7 Å². The number of halogens is 8. The van der Waals surface area contributed by atoms with Crippen molar-refractivity contribution in [3.05, 3.63) is 12.2 Å². The van der Waals surface area contributed by atoms with E-state index in [1.165, 1.54) is 0 Å². The van der Waals surface area contributed by atoms with Crippen LogP contribution < -0.4 is 0 Å². The van der Waals surface area contributed by atoms with E-state index in [9.17, 15) is 44.7 Å². The van der Waals surface area contributed by atoms with Gasteiger partial charge in [0.05, 0.1) is 6.61 Å². The van der Waals surface area contributed by atoms with Gasteiger partial charge >= 0.3 is 30.1 Å². The van der Waals surface area contributed by atoms with Crippen LogP contribution in [0.15, 0.2) is 12.2 Å². The molecule has 0 aromatic carbocycles. The minimum absolute atomic E-state index is 0.150. The molecule has 0 heterocycles. The molecular weight excluding hydrogens is 456 g/mol. The minimum Gasteiger partial charge on any atom is -0.457 e. The van der Waals surface area contributed by atoms with Crippen LogP contribution in [0.4, 0.5) is 35.1 Å². The molecule has 174 valence electrons. The lowest BCUT2D eigenvalue weighted by Crippen LogP contribution is -2.59. The average molecular weight is 474 g/mol. The summed E-state index contributed by atoms with van der Waals surface area (Å²) in [6, 6.07) is 0. The Labute approximate surface area is 171 Å². The van der Waals surface area contributed by atoms with Crippen molar-refractivity contribution in [2.75, 3.05) is 6.61 Å². The normalized spacial score (nSPS) is 18.4. The number of alkyl halides is 8. The predicted molar refractivity (Wildman–Crippen MR) is 87.5 cm³/mol. The smallest absolute Gasteiger partial charge is 0.457 e. The molecule has 0 aromatic heterocycles. The Morgan fingerprint density at radius 2 is 1.50 bits per heavy atom. The van der Waals surface area contributed by atoms with Crippen LogP contribution in [-0.4, -0.2) is 48.0 Å². The Morgan fingerprint density at radius 1 is 0.967 bits per heavy atom. The van der Waals surface area contributed by atoms with Gasteiger partial charge in [-0.15, -0.1) is 12.6 Å². The molecule has 1 rings (SSSR count). The fourth-order valence-corrected chi connectivity index (χ4v) is 2.51. The van der Waals surface area contributed by atoms with Crippen molar-refractivity contribution in [3.63, 3.8) is 0 Å². The van der Waals surface area contributed by atoms with E-state index in [1.54, 1.807) is 0 Å². The second kappa shape index (κ2) is 9.71. The van der Waals surface area contributed by atoms with Crippen LogP contribution >= 0.6 is 12.6 Å². The third kappa shape index (κ3) is 7.29. The quantitative estimate of drug-likeness (QED) is 0.182. The van der Waals surface area contributed by atoms with Crippen LogP contribution in [0.1, 0.15) is 38.5 Å². The lowest BCUT2D eigenvalue weighted by Gasteiger charge is -2.34. The Bertz CT molecular complexity index is 637. The van der Waals surface area contributed by atoms with Crippen molar-refractivity contribution in [1.29, 1.82) is 0 Å². The molecule has 0 spiro atoms. The first-order valence-electron chi connectivity index (χ1n) is 8.51. The van der Waals surface area contributed by atoms with E-state index in [0.29, 0.717) is 19.3 Å². The van der Waals surface area contributed by atoms with Gasteiger partial charge in [-0.2, -0.15) is 35.1 Å². The fourth-order valence-electron chi connectivity index (χ4n) is 2.42. The Morgan fingerprint density at radius 3 is 1.93 bits per heavy atom. The first-order chi connectivity index (χ1) is 13.5. The van der Waals surface area contributed by atoms with Crippen LogP contribution in [-0.2, 0) is 23.8 Å². The van der Waals surface area contributed by atoms with E-state index >= 15 is 0 Å². The predicted octanol–water partition coefficient (Wildman–Crippen LogP) is 4.71. The molecule has 1 unspecified atom stereocenters. The maximum atomic E-state index is 13.7. The average Bonchev–Trinajstić information content (AvgIpc) is 2.57. The van der Waals surface area contributed by atoms with Gasteiger partial charge in [-0.3, -0.25) is 0 Å². The highest BCUT2D eigenvalue weighted by Crippen LogP contribution is 2.40. The highest BCUT2D eigenvalue weighted by atomic mass is 32.1. The highest BCUT2D eigenvalue weighted by Gasteiger charge is 2.68. The summed E-state index contributed by atoms with van der Waals surface area (Å²) in [5.74, 6) is -9.76. The topological polar surface area (TPSA) is 61.8 Å². The molecule has 0 amide bonds. The van der Waals surface area contributed by atoms with Crippen molar-refractivity contribution in [2.24, 2.45) is 0 Å². The van der Waals surface area contributed by atoms with Crippen molar-refractivity contribution >= 4 is 24.6 Å². The maximum Gasteiger partial charge on any atom is 0.468 e. The number of rotatable bonds is 8. The molecule has 0 N–H and O–H groups in total. The largest absolute Gasteiger partial charge is 0.468 e. The van der Waals surface area contributed by atoms with Gasteiger partial charge in [0, 0.05) is 6.42 Å². The van der Waals surface area contributed by atoms with E-state index in [0.717, 1.165) is 0 Å². The summed E-state index contributed by atoms with van der Waals surface area (Å²) in [6.07, 6.45) is -12.0. The summed E-state index contributed by atoms with van der Waals surface area (Å²) in [5, 5.41) is -3.84. The molecule has 0 aliphatic heterocycles. The van der Waals surface area contributed by atoms with Crippen molar-refractivity contribution in [3.8, 4) is 0 Å². The second-order valence-corrected chi connectivity index (χ2v) is 7.06. The lowest BCUT2D eigenvalue weighted by atomic mass is 9.98. The molecule has 5 nitrogen and oxygen atoms in total. The van der Waals surface area contributed by atoms with Gasteiger partial charge in [-0.25, -0.2) is 9.59 Å². The SMILES string of the molecule is C=C(C(=O)OC(OCCC(F)(F)S)(C(=O)OC1CCCCC1)C(F)(F)F)C(F)(F)F. The number of esters is 2. The third-order valence-electron chi connectivity index (χ3n) is 4.00. The van der Waals surface area contributed by atoms with Crippen LogP contribution in [0.3, 0.4) is 0 Å². The summed E-state index contributed by atoms with van der Waals surface area (Å²) in [5.41, 5.74) is -2.37. The van der Waals surface area contributed by atoms with Gasteiger partial charge < -0.3 is 14.2 Å². The van der Waals surface area contributed by atoms with Crippen LogP contribution in [0, 0.1) is 0 Å². The van der Waals surface area contributed by atoms with E-state index in [2.05, 4.69) is 33.4 Å². The number of hydrogen-bond acceptors (Lipinski definition) is 6. The molecule has 1 aliphatic rings. The number of hydrogen-bond donors (Lipinski definition) is 1. The summed E-state index contributed by atoms with van der Waals surface area (Å²) in [7, 11) is 0. The van der Waals surface area contributed by atoms with Gasteiger partial charge in [0.2, 0.25) is 0 Å². The van der Waals surface area contributed by atoms with Crippen molar-refractivity contribution in [2.45, 2.75) is 68.0 Å². The summed E-state index contributed by atoms with van der Waals surface area (Å²) >= 11 is 2.77. The monoisotopic (exact) mass is 474 g/mol. The van der Waals surface area contributed by atoms with Crippen molar-refractivity contribution < 1.29 is 58.9 Å². The fraction of sp³-hybridized carbons (Fsp3) is 0.750. The molecule has 0 bridgehead atoms. The minimum atomic E-state index is -5.97. The first-order valence-corrected chi connectivity index (χ1v) is 8.96. The van der Waals surface area contributed by atoms with E-state index in [-0.39, 0.29) is 12.8 Å². The summed E-state index contributed by atoms with van der Waals surface area (Å²) in [6.45, 7) is 0.726. The van der Waals surface area contributed by atoms with E-state index in [1.807, 2.05) is 0 Å². The Hall–Kier alpha value is -1.57. The van der Waals surface area contributed by atoms with E-state index < -0.39 is 60.0 Å². The zero-order valence-electron chi connectivity index (χ0n) is 15.2. The molecule has 0 saturated heterocycles. The second-order valence-electron chi connectivity index (χ2n) is 6.41. The number of carbonyl (C=O) groups is 2. The molecule has 1 fully saturated rings. The highest BCUT2D eigenvalue weighted by molar-refractivity contribution is 7.81. The Balaban J connectivity index is 3.23. The standard InChI is InChI=1S/C16H18F8O5S/c1-9(15(19,20)21)11(25)29-14(16(22,23)24,27-8-7-13(17,18)30)12(26)28-10-5-3-2-4-6-10/h10,30H,1-8H2. The molecule has 1 atom stereocenters. The zero-order chi connectivity index (χ0) is 23.4. The molecule has 14 heteroatoms. The van der Waals surface area contributed by atoms with Crippen molar-refractivity contribution in [1.82, 2.24) is 0 Å². The van der Waals surface area contributed by atoms with Crippen LogP contribution in [0.25, 0.3) is 0 Å². The summed E-state index contributed by atoms with van der Waals surface area (Å²) < 4.78 is 117. The van der Waals surface area contributed by atoms with Gasteiger partial charge in [-0.1, -0.05) is 13.0 Å². The molecule has 1 saturated carbocycles.